The number of nitrogens with two attached hydrogens (primary N) is 1. The predicted molar refractivity (Wildman–Crippen MR) is 67.4 cm³/mol. The average Bonchev–Trinajstić information content (AvgIpc) is 2.67. The van der Waals surface area contributed by atoms with E-state index in [1.165, 1.54) is 4.88 Å². The zero-order valence-corrected chi connectivity index (χ0v) is 9.98. The van der Waals surface area contributed by atoms with Crippen molar-refractivity contribution in [3.63, 3.8) is 0 Å². The lowest BCUT2D eigenvalue weighted by molar-refractivity contribution is 0.823. The van der Waals surface area contributed by atoms with Crippen LogP contribution in [0.2, 0.25) is 5.02 Å². The van der Waals surface area contributed by atoms with Crippen molar-refractivity contribution in [2.45, 2.75) is 13.0 Å². The Morgan fingerprint density at radius 2 is 2.07 bits per heavy atom. The minimum absolute atomic E-state index is 0.0810. The normalized spacial score (nSPS) is 12.7. The van der Waals surface area contributed by atoms with Gasteiger partial charge in [-0.25, -0.2) is 0 Å². The van der Waals surface area contributed by atoms with E-state index in [4.69, 9.17) is 17.3 Å². The lowest BCUT2D eigenvalue weighted by atomic mass is 10.1. The summed E-state index contributed by atoms with van der Waals surface area (Å²) >= 11 is 7.80. The SMILES string of the molecule is CC(N)c1csc(-c2ccccc2Cl)c1. The van der Waals surface area contributed by atoms with Crippen LogP contribution < -0.4 is 5.73 Å². The lowest BCUT2D eigenvalue weighted by Gasteiger charge is -2.01. The van der Waals surface area contributed by atoms with Crippen molar-refractivity contribution in [3.05, 3.63) is 46.3 Å². The molecule has 1 heterocycles. The molecule has 3 heteroatoms. The number of benzene rings is 1. The van der Waals surface area contributed by atoms with Gasteiger partial charge in [-0.1, -0.05) is 29.8 Å². The van der Waals surface area contributed by atoms with Crippen LogP contribution in [0.1, 0.15) is 18.5 Å². The number of hydrogen-bond acceptors (Lipinski definition) is 2. The highest BCUT2D eigenvalue weighted by Gasteiger charge is 2.07. The van der Waals surface area contributed by atoms with Gasteiger partial charge in [-0.2, -0.15) is 0 Å². The molecule has 0 aliphatic heterocycles. The second-order valence-corrected chi connectivity index (χ2v) is 4.83. The smallest absolute Gasteiger partial charge is 0.0492 e. The maximum absolute atomic E-state index is 6.12. The molecule has 1 aromatic heterocycles. The molecule has 0 amide bonds. The van der Waals surface area contributed by atoms with Gasteiger partial charge < -0.3 is 5.73 Å². The maximum Gasteiger partial charge on any atom is 0.0492 e. The Labute approximate surface area is 98.5 Å². The highest BCUT2D eigenvalue weighted by atomic mass is 35.5. The molecule has 1 unspecified atom stereocenters. The van der Waals surface area contributed by atoms with E-state index in [2.05, 4.69) is 11.4 Å². The monoisotopic (exact) mass is 237 g/mol. The molecular weight excluding hydrogens is 226 g/mol. The van der Waals surface area contributed by atoms with Crippen LogP contribution in [0.3, 0.4) is 0 Å². The van der Waals surface area contributed by atoms with Gasteiger partial charge in [-0.15, -0.1) is 11.3 Å². The van der Waals surface area contributed by atoms with E-state index in [1.54, 1.807) is 11.3 Å². The first kappa shape index (κ1) is 10.7. The van der Waals surface area contributed by atoms with Crippen molar-refractivity contribution < 1.29 is 0 Å². The number of halogens is 1. The van der Waals surface area contributed by atoms with Gasteiger partial charge in [0.25, 0.3) is 0 Å². The van der Waals surface area contributed by atoms with Crippen LogP contribution in [0, 0.1) is 0 Å². The molecule has 0 saturated carbocycles. The molecule has 1 atom stereocenters. The van der Waals surface area contributed by atoms with Crippen LogP contribution in [0.4, 0.5) is 0 Å². The summed E-state index contributed by atoms with van der Waals surface area (Å²) in [4.78, 5) is 1.17. The molecule has 0 aliphatic rings. The summed E-state index contributed by atoms with van der Waals surface area (Å²) in [6, 6.07) is 10.0. The second kappa shape index (κ2) is 4.35. The molecule has 0 radical (unpaired) electrons. The maximum atomic E-state index is 6.12. The summed E-state index contributed by atoms with van der Waals surface area (Å²) in [7, 11) is 0. The third-order valence-corrected chi connectivity index (χ3v) is 3.60. The summed E-state index contributed by atoms with van der Waals surface area (Å²) in [6.45, 7) is 1.98. The molecule has 2 aromatic rings. The third kappa shape index (κ3) is 2.23. The van der Waals surface area contributed by atoms with Gasteiger partial charge in [0, 0.05) is 21.5 Å². The quantitative estimate of drug-likeness (QED) is 0.837. The Morgan fingerprint density at radius 3 is 2.67 bits per heavy atom. The predicted octanol–water partition coefficient (Wildman–Crippen LogP) is 4.09. The molecule has 1 aromatic carbocycles. The molecule has 1 nitrogen and oxygen atoms in total. The number of thiophene rings is 1. The summed E-state index contributed by atoms with van der Waals surface area (Å²) in [5.74, 6) is 0. The van der Waals surface area contributed by atoms with E-state index in [-0.39, 0.29) is 6.04 Å². The average molecular weight is 238 g/mol. The van der Waals surface area contributed by atoms with E-state index in [1.807, 2.05) is 31.2 Å². The molecule has 78 valence electrons. The second-order valence-electron chi connectivity index (χ2n) is 3.51. The molecule has 0 bridgehead atoms. The van der Waals surface area contributed by atoms with Crippen LogP contribution in [-0.4, -0.2) is 0 Å². The molecule has 0 aliphatic carbocycles. The van der Waals surface area contributed by atoms with E-state index >= 15 is 0 Å². The largest absolute Gasteiger partial charge is 0.324 e. The minimum atomic E-state index is 0.0810. The summed E-state index contributed by atoms with van der Waals surface area (Å²) in [5.41, 5.74) is 8.06. The highest BCUT2D eigenvalue weighted by Crippen LogP contribution is 2.33. The van der Waals surface area contributed by atoms with Crippen molar-refractivity contribution in [2.75, 3.05) is 0 Å². The summed E-state index contributed by atoms with van der Waals surface area (Å²) in [6.07, 6.45) is 0. The van der Waals surface area contributed by atoms with Gasteiger partial charge in [0.1, 0.15) is 0 Å². The van der Waals surface area contributed by atoms with Crippen LogP contribution in [0.25, 0.3) is 10.4 Å². The minimum Gasteiger partial charge on any atom is -0.324 e. The Kier molecular flexibility index (Phi) is 3.10. The Bertz CT molecular complexity index is 462. The molecule has 0 spiro atoms. The zero-order chi connectivity index (χ0) is 10.8. The first-order chi connectivity index (χ1) is 7.18. The van der Waals surface area contributed by atoms with Gasteiger partial charge in [0.05, 0.1) is 0 Å². The van der Waals surface area contributed by atoms with Crippen LogP contribution >= 0.6 is 22.9 Å². The fraction of sp³-hybridized carbons (Fsp3) is 0.167. The molecular formula is C12H12ClNS. The Balaban J connectivity index is 2.42. The van der Waals surface area contributed by atoms with Crippen molar-refractivity contribution in [2.24, 2.45) is 5.73 Å². The van der Waals surface area contributed by atoms with Crippen LogP contribution in [0.5, 0.6) is 0 Å². The summed E-state index contributed by atoms with van der Waals surface area (Å²) in [5, 5.41) is 2.87. The molecule has 15 heavy (non-hydrogen) atoms. The third-order valence-electron chi connectivity index (χ3n) is 2.28. The van der Waals surface area contributed by atoms with Gasteiger partial charge in [0.15, 0.2) is 0 Å². The number of rotatable bonds is 2. The first-order valence-electron chi connectivity index (χ1n) is 4.77. The highest BCUT2D eigenvalue weighted by molar-refractivity contribution is 7.13. The van der Waals surface area contributed by atoms with Gasteiger partial charge in [-0.3, -0.25) is 0 Å². The van der Waals surface area contributed by atoms with E-state index in [0.717, 1.165) is 16.1 Å². The van der Waals surface area contributed by atoms with Crippen molar-refractivity contribution in [3.8, 4) is 10.4 Å². The number of hydrogen-bond donors (Lipinski definition) is 1. The van der Waals surface area contributed by atoms with Gasteiger partial charge in [0.2, 0.25) is 0 Å². The fourth-order valence-corrected chi connectivity index (χ4v) is 2.74. The first-order valence-corrected chi connectivity index (χ1v) is 6.03. The van der Waals surface area contributed by atoms with Gasteiger partial charge >= 0.3 is 0 Å². The molecule has 2 N–H and O–H groups in total. The van der Waals surface area contributed by atoms with Crippen molar-refractivity contribution in [1.82, 2.24) is 0 Å². The van der Waals surface area contributed by atoms with Crippen molar-refractivity contribution >= 4 is 22.9 Å². The topological polar surface area (TPSA) is 26.0 Å². The zero-order valence-electron chi connectivity index (χ0n) is 8.41. The lowest BCUT2D eigenvalue weighted by Crippen LogP contribution is -2.02. The van der Waals surface area contributed by atoms with E-state index in [0.29, 0.717) is 0 Å². The fourth-order valence-electron chi connectivity index (χ4n) is 1.39. The molecule has 0 saturated heterocycles. The van der Waals surface area contributed by atoms with Crippen LogP contribution in [0.15, 0.2) is 35.7 Å². The van der Waals surface area contributed by atoms with Gasteiger partial charge in [-0.05, 0) is 30.0 Å². The molecule has 2 rings (SSSR count). The standard InChI is InChI=1S/C12H12ClNS/c1-8(14)9-6-12(15-7-9)10-4-2-3-5-11(10)13/h2-8H,14H2,1H3. The Morgan fingerprint density at radius 1 is 1.33 bits per heavy atom. The van der Waals surface area contributed by atoms with E-state index < -0.39 is 0 Å². The van der Waals surface area contributed by atoms with E-state index in [9.17, 15) is 0 Å². The van der Waals surface area contributed by atoms with Crippen LogP contribution in [-0.2, 0) is 0 Å². The Hall–Kier alpha value is -0.830. The van der Waals surface area contributed by atoms with Crippen molar-refractivity contribution in [1.29, 1.82) is 0 Å². The molecule has 0 fully saturated rings. The summed E-state index contributed by atoms with van der Waals surface area (Å²) < 4.78 is 0.